The largest absolute Gasteiger partial charge is 0.514 e. The molecular weight excluding hydrogens is 312 g/mol. The molecule has 0 bridgehead atoms. The molecular formula is C17H18N2O5. The molecule has 0 spiro atoms. The van der Waals surface area contributed by atoms with Crippen molar-refractivity contribution < 1.29 is 19.0 Å². The Bertz CT molecular complexity index is 799. The first kappa shape index (κ1) is 17.4. The second-order valence-corrected chi connectivity index (χ2v) is 5.85. The number of hydrogen-bond donors (Lipinski definition) is 0. The van der Waals surface area contributed by atoms with E-state index in [0.29, 0.717) is 11.3 Å². The van der Waals surface area contributed by atoms with Crippen molar-refractivity contribution in [3.8, 4) is 23.0 Å². The fourth-order valence-electron chi connectivity index (χ4n) is 1.77. The average molecular weight is 330 g/mol. The highest BCUT2D eigenvalue weighted by atomic mass is 16.7. The van der Waals surface area contributed by atoms with Gasteiger partial charge in [-0.1, -0.05) is 0 Å². The Morgan fingerprint density at radius 1 is 1.08 bits per heavy atom. The Balaban J connectivity index is 2.29. The van der Waals surface area contributed by atoms with Crippen LogP contribution in [0.3, 0.4) is 0 Å². The van der Waals surface area contributed by atoms with Gasteiger partial charge in [0.1, 0.15) is 5.60 Å². The molecule has 0 aliphatic heterocycles. The summed E-state index contributed by atoms with van der Waals surface area (Å²) in [6.45, 7) is 5.12. The first-order valence-electron chi connectivity index (χ1n) is 7.21. The Morgan fingerprint density at radius 3 is 2.46 bits per heavy atom. The molecule has 1 aromatic heterocycles. The van der Waals surface area contributed by atoms with E-state index in [4.69, 9.17) is 14.2 Å². The number of rotatable bonds is 3. The van der Waals surface area contributed by atoms with Gasteiger partial charge in [-0.05, 0) is 51.1 Å². The number of carbonyl (C=O) groups is 1. The summed E-state index contributed by atoms with van der Waals surface area (Å²) >= 11 is 0. The van der Waals surface area contributed by atoms with Crippen molar-refractivity contribution in [1.29, 1.82) is 0 Å². The molecule has 7 nitrogen and oxygen atoms in total. The van der Waals surface area contributed by atoms with Crippen LogP contribution >= 0.6 is 0 Å². The maximum Gasteiger partial charge on any atom is 0.514 e. The molecule has 2 aromatic rings. The van der Waals surface area contributed by atoms with Gasteiger partial charge in [0.25, 0.3) is 0 Å². The molecule has 0 unspecified atom stereocenters. The summed E-state index contributed by atoms with van der Waals surface area (Å²) in [5, 5.41) is 0. The summed E-state index contributed by atoms with van der Waals surface area (Å²) in [4.78, 5) is 31.9. The lowest BCUT2D eigenvalue weighted by molar-refractivity contribution is 0.0204. The number of methoxy groups -OCH3 is 1. The minimum atomic E-state index is -0.934. The van der Waals surface area contributed by atoms with E-state index >= 15 is 0 Å². The summed E-state index contributed by atoms with van der Waals surface area (Å²) in [6, 6.07) is 7.78. The van der Waals surface area contributed by atoms with Crippen LogP contribution in [-0.2, 0) is 4.74 Å². The van der Waals surface area contributed by atoms with Crippen molar-refractivity contribution in [2.24, 2.45) is 0 Å². The first-order chi connectivity index (χ1) is 11.3. The van der Waals surface area contributed by atoms with E-state index in [1.807, 2.05) is 0 Å². The van der Waals surface area contributed by atoms with Crippen LogP contribution in [0.5, 0.6) is 11.8 Å². The number of nitrogens with zero attached hydrogens (tertiary/aromatic N) is 2. The highest BCUT2D eigenvalue weighted by molar-refractivity contribution is 5.65. The van der Waals surface area contributed by atoms with Crippen molar-refractivity contribution in [1.82, 2.24) is 9.97 Å². The van der Waals surface area contributed by atoms with Gasteiger partial charge >= 0.3 is 12.2 Å². The zero-order chi connectivity index (χ0) is 17.7. The molecule has 0 saturated carbocycles. The minimum absolute atomic E-state index is 0.128. The fourth-order valence-corrected chi connectivity index (χ4v) is 1.77. The first-order valence-corrected chi connectivity index (χ1v) is 7.21. The smallest absolute Gasteiger partial charge is 0.467 e. The van der Waals surface area contributed by atoms with Crippen LogP contribution < -0.4 is 14.9 Å². The van der Waals surface area contributed by atoms with E-state index in [9.17, 15) is 9.59 Å². The Hall–Kier alpha value is -2.96. The molecule has 0 N–H and O–H groups in total. The molecule has 0 aliphatic carbocycles. The van der Waals surface area contributed by atoms with Gasteiger partial charge in [-0.25, -0.2) is 9.78 Å². The monoisotopic (exact) mass is 330 g/mol. The second kappa shape index (κ2) is 7.08. The van der Waals surface area contributed by atoms with Crippen molar-refractivity contribution in [3.63, 3.8) is 0 Å². The van der Waals surface area contributed by atoms with E-state index < -0.39 is 17.2 Å². The number of aromatic nitrogens is 2. The summed E-state index contributed by atoms with van der Waals surface area (Å²) < 4.78 is 15.0. The molecule has 0 amide bonds. The van der Waals surface area contributed by atoms with Crippen LogP contribution in [-0.4, -0.2) is 28.8 Å². The summed E-state index contributed by atoms with van der Waals surface area (Å²) in [6.07, 6.45) is 0.612. The predicted molar refractivity (Wildman–Crippen MR) is 87.2 cm³/mol. The predicted octanol–water partition coefficient (Wildman–Crippen LogP) is 2.83. The zero-order valence-electron chi connectivity index (χ0n) is 13.9. The summed E-state index contributed by atoms with van der Waals surface area (Å²) in [5.41, 5.74) is 0.0559. The van der Waals surface area contributed by atoms with Gasteiger partial charge in [-0.15, -0.1) is 0 Å². The van der Waals surface area contributed by atoms with Crippen molar-refractivity contribution in [3.05, 3.63) is 46.8 Å². The topological polar surface area (TPSA) is 87.6 Å². The lowest BCUT2D eigenvalue weighted by Crippen LogP contribution is -2.26. The quantitative estimate of drug-likeness (QED) is 0.800. The van der Waals surface area contributed by atoms with Crippen LogP contribution in [0, 0.1) is 0 Å². The standard InChI is InChI=1S/C17H18N2O5/c1-17(2,3)24-16(21)23-14-8-6-11(5-7-13(14)20)12-9-10-18-15(19-12)22-4/h5-10H,1-4H3. The average Bonchev–Trinajstić information content (AvgIpc) is 2.68. The third-order valence-corrected chi connectivity index (χ3v) is 2.77. The normalized spacial score (nSPS) is 10.8. The van der Waals surface area contributed by atoms with Gasteiger partial charge in [-0.2, -0.15) is 4.98 Å². The van der Waals surface area contributed by atoms with Crippen LogP contribution in [0.4, 0.5) is 4.79 Å². The molecule has 1 heterocycles. The zero-order valence-corrected chi connectivity index (χ0v) is 13.9. The highest BCUT2D eigenvalue weighted by Gasteiger charge is 2.18. The maximum absolute atomic E-state index is 12.0. The van der Waals surface area contributed by atoms with E-state index in [1.54, 1.807) is 45.2 Å². The van der Waals surface area contributed by atoms with Gasteiger partial charge in [0.05, 0.1) is 12.8 Å². The number of ether oxygens (including phenoxy) is 3. The highest BCUT2D eigenvalue weighted by Crippen LogP contribution is 2.18. The van der Waals surface area contributed by atoms with Crippen LogP contribution in [0.1, 0.15) is 20.8 Å². The third kappa shape index (κ3) is 4.77. The Labute approximate surface area is 139 Å². The molecule has 0 fully saturated rings. The molecule has 2 rings (SSSR count). The molecule has 0 atom stereocenters. The molecule has 126 valence electrons. The molecule has 7 heteroatoms. The number of carbonyl (C=O) groups excluding carboxylic acids is 1. The van der Waals surface area contributed by atoms with Crippen molar-refractivity contribution >= 4 is 6.16 Å². The van der Waals surface area contributed by atoms with E-state index in [-0.39, 0.29) is 11.8 Å². The van der Waals surface area contributed by atoms with E-state index in [2.05, 4.69) is 9.97 Å². The third-order valence-electron chi connectivity index (χ3n) is 2.77. The molecule has 0 saturated heterocycles. The van der Waals surface area contributed by atoms with Gasteiger partial charge in [-0.3, -0.25) is 4.79 Å². The van der Waals surface area contributed by atoms with Crippen LogP contribution in [0.15, 0.2) is 41.3 Å². The summed E-state index contributed by atoms with van der Waals surface area (Å²) in [5.74, 6) is -0.128. The minimum Gasteiger partial charge on any atom is -0.467 e. The second-order valence-electron chi connectivity index (χ2n) is 5.85. The van der Waals surface area contributed by atoms with E-state index in [0.717, 1.165) is 0 Å². The lowest BCUT2D eigenvalue weighted by atomic mass is 10.2. The Kier molecular flexibility index (Phi) is 5.13. The molecule has 0 aliphatic rings. The van der Waals surface area contributed by atoms with Crippen molar-refractivity contribution in [2.75, 3.05) is 7.11 Å². The summed E-state index contributed by atoms with van der Waals surface area (Å²) in [7, 11) is 1.46. The van der Waals surface area contributed by atoms with Crippen molar-refractivity contribution in [2.45, 2.75) is 26.4 Å². The SMILES string of the molecule is COc1nccc(-c2ccc(OC(=O)OC(C)(C)C)c(=O)cc2)n1. The van der Waals surface area contributed by atoms with Crippen LogP contribution in [0.25, 0.3) is 11.3 Å². The lowest BCUT2D eigenvalue weighted by Gasteiger charge is -2.18. The molecule has 1 aromatic carbocycles. The maximum atomic E-state index is 12.0. The van der Waals surface area contributed by atoms with Gasteiger partial charge in [0.2, 0.25) is 5.43 Å². The van der Waals surface area contributed by atoms with Gasteiger partial charge < -0.3 is 14.2 Å². The van der Waals surface area contributed by atoms with Gasteiger partial charge in [0.15, 0.2) is 5.75 Å². The molecule has 0 radical (unpaired) electrons. The number of hydrogen-bond acceptors (Lipinski definition) is 7. The Morgan fingerprint density at radius 2 is 1.79 bits per heavy atom. The molecule has 24 heavy (non-hydrogen) atoms. The van der Waals surface area contributed by atoms with Gasteiger partial charge in [0, 0.05) is 11.8 Å². The van der Waals surface area contributed by atoms with Crippen LogP contribution in [0.2, 0.25) is 0 Å². The fraction of sp³-hybridized carbons (Fsp3) is 0.294. The van der Waals surface area contributed by atoms with E-state index in [1.165, 1.54) is 19.2 Å².